The molecule has 0 amide bonds. The van der Waals surface area contributed by atoms with E-state index in [0.717, 1.165) is 12.0 Å². The van der Waals surface area contributed by atoms with E-state index in [1.165, 1.54) is 25.1 Å². The van der Waals surface area contributed by atoms with Crippen molar-refractivity contribution in [2.75, 3.05) is 6.54 Å². The molecule has 0 bridgehead atoms. The minimum absolute atomic E-state index is 0.597. The zero-order chi connectivity index (χ0) is 10.0. The van der Waals surface area contributed by atoms with E-state index in [9.17, 15) is 0 Å². The van der Waals surface area contributed by atoms with E-state index in [0.29, 0.717) is 5.92 Å². The molecule has 1 rings (SSSR count). The number of likely N-dealkylation sites (tertiary alicyclic amines) is 1. The summed E-state index contributed by atoms with van der Waals surface area (Å²) in [4.78, 5) is 2.52. The fourth-order valence-electron chi connectivity index (χ4n) is 2.32. The summed E-state index contributed by atoms with van der Waals surface area (Å²) < 4.78 is 0. The van der Waals surface area contributed by atoms with Crippen molar-refractivity contribution in [2.24, 2.45) is 11.8 Å². The Morgan fingerprint density at radius 1 is 1.54 bits per heavy atom. The van der Waals surface area contributed by atoms with Crippen molar-refractivity contribution in [1.82, 2.24) is 4.90 Å². The van der Waals surface area contributed by atoms with Gasteiger partial charge in [0.05, 0.1) is 0 Å². The summed E-state index contributed by atoms with van der Waals surface area (Å²) in [7, 11) is 0. The highest BCUT2D eigenvalue weighted by Gasteiger charge is 2.30. The molecule has 0 aliphatic carbocycles. The molecule has 0 aromatic rings. The molecule has 1 aliphatic rings. The zero-order valence-electron chi connectivity index (χ0n) is 9.51. The molecule has 0 N–H and O–H groups in total. The highest BCUT2D eigenvalue weighted by atomic mass is 15.2. The van der Waals surface area contributed by atoms with Gasteiger partial charge in [0.25, 0.3) is 0 Å². The first-order valence-corrected chi connectivity index (χ1v) is 5.53. The van der Waals surface area contributed by atoms with E-state index >= 15 is 0 Å². The lowest BCUT2D eigenvalue weighted by molar-refractivity contribution is 0.260. The average Bonchev–Trinajstić information content (AvgIpc) is 2.45. The molecule has 0 aromatic heterocycles. The molecule has 0 saturated carbocycles. The van der Waals surface area contributed by atoms with Crippen LogP contribution < -0.4 is 0 Å². The van der Waals surface area contributed by atoms with E-state index in [2.05, 4.69) is 39.2 Å². The molecule has 1 aliphatic heterocycles. The van der Waals surface area contributed by atoms with Gasteiger partial charge in [0.1, 0.15) is 0 Å². The van der Waals surface area contributed by atoms with Crippen LogP contribution in [0.2, 0.25) is 0 Å². The van der Waals surface area contributed by atoms with Crippen molar-refractivity contribution in [2.45, 2.75) is 46.6 Å². The van der Waals surface area contributed by atoms with Gasteiger partial charge in [-0.2, -0.15) is 0 Å². The summed E-state index contributed by atoms with van der Waals surface area (Å²) in [5.74, 6) is 1.44. The molecule has 2 atom stereocenters. The molecule has 0 spiro atoms. The standard InChI is InChI=1S/C12H23N/c1-6-12-10(4)7-8-13(12)11(5)9(2)3/h9-10,12H,5-8H2,1-4H3. The second kappa shape index (κ2) is 4.17. The third-order valence-electron chi connectivity index (χ3n) is 3.34. The van der Waals surface area contributed by atoms with Crippen LogP contribution in [0.1, 0.15) is 40.5 Å². The van der Waals surface area contributed by atoms with Crippen molar-refractivity contribution in [3.63, 3.8) is 0 Å². The smallest absolute Gasteiger partial charge is 0.0310 e. The lowest BCUT2D eigenvalue weighted by atomic mass is 10.00. The largest absolute Gasteiger partial charge is 0.372 e. The lowest BCUT2D eigenvalue weighted by Crippen LogP contribution is -2.32. The van der Waals surface area contributed by atoms with E-state index < -0.39 is 0 Å². The minimum atomic E-state index is 0.597. The number of rotatable bonds is 3. The summed E-state index contributed by atoms with van der Waals surface area (Å²) in [5.41, 5.74) is 1.33. The van der Waals surface area contributed by atoms with Crippen LogP contribution in [-0.4, -0.2) is 17.5 Å². The van der Waals surface area contributed by atoms with Crippen molar-refractivity contribution < 1.29 is 0 Å². The molecule has 0 aromatic carbocycles. The second-order valence-corrected chi connectivity index (χ2v) is 4.58. The molecule has 76 valence electrons. The minimum Gasteiger partial charge on any atom is -0.372 e. The molecular weight excluding hydrogens is 158 g/mol. The monoisotopic (exact) mass is 181 g/mol. The summed E-state index contributed by atoms with van der Waals surface area (Å²) in [5, 5.41) is 0. The Labute approximate surface area is 82.8 Å². The SMILES string of the molecule is C=C(C(C)C)N1CCC(C)C1CC. The first-order chi connectivity index (χ1) is 6.07. The second-order valence-electron chi connectivity index (χ2n) is 4.58. The highest BCUT2D eigenvalue weighted by molar-refractivity contribution is 5.03. The van der Waals surface area contributed by atoms with Crippen LogP contribution in [0.15, 0.2) is 12.3 Å². The van der Waals surface area contributed by atoms with Crippen LogP contribution in [0.3, 0.4) is 0 Å². The van der Waals surface area contributed by atoms with Crippen LogP contribution in [0.4, 0.5) is 0 Å². The van der Waals surface area contributed by atoms with Gasteiger partial charge in [-0.15, -0.1) is 0 Å². The Morgan fingerprint density at radius 3 is 2.62 bits per heavy atom. The maximum atomic E-state index is 4.19. The molecule has 1 saturated heterocycles. The van der Waals surface area contributed by atoms with E-state index in [1.807, 2.05) is 0 Å². The van der Waals surface area contributed by atoms with Gasteiger partial charge < -0.3 is 4.90 Å². The number of allylic oxidation sites excluding steroid dienone is 1. The molecule has 0 radical (unpaired) electrons. The van der Waals surface area contributed by atoms with Gasteiger partial charge in [0.15, 0.2) is 0 Å². The van der Waals surface area contributed by atoms with Gasteiger partial charge in [0, 0.05) is 18.3 Å². The predicted octanol–water partition coefficient (Wildman–Crippen LogP) is 3.28. The Kier molecular flexibility index (Phi) is 3.40. The maximum absolute atomic E-state index is 4.19. The molecular formula is C12H23N. The molecule has 13 heavy (non-hydrogen) atoms. The van der Waals surface area contributed by atoms with Crippen LogP contribution in [0.25, 0.3) is 0 Å². The fourth-order valence-corrected chi connectivity index (χ4v) is 2.32. The van der Waals surface area contributed by atoms with E-state index in [4.69, 9.17) is 0 Å². The first kappa shape index (κ1) is 10.6. The molecule has 1 fully saturated rings. The van der Waals surface area contributed by atoms with Gasteiger partial charge in [-0.05, 0) is 24.7 Å². The maximum Gasteiger partial charge on any atom is 0.0310 e. The van der Waals surface area contributed by atoms with Crippen molar-refractivity contribution in [3.8, 4) is 0 Å². The van der Waals surface area contributed by atoms with Gasteiger partial charge in [-0.1, -0.05) is 34.3 Å². The third kappa shape index (κ3) is 2.07. The molecule has 1 heterocycles. The lowest BCUT2D eigenvalue weighted by Gasteiger charge is -2.31. The number of nitrogens with zero attached hydrogens (tertiary/aromatic N) is 1. The Balaban J connectivity index is 2.65. The van der Waals surface area contributed by atoms with Crippen molar-refractivity contribution in [3.05, 3.63) is 12.3 Å². The predicted molar refractivity (Wildman–Crippen MR) is 58.5 cm³/mol. The van der Waals surface area contributed by atoms with Crippen LogP contribution in [0, 0.1) is 11.8 Å². The third-order valence-corrected chi connectivity index (χ3v) is 3.34. The number of hydrogen-bond donors (Lipinski definition) is 0. The van der Waals surface area contributed by atoms with Gasteiger partial charge in [-0.25, -0.2) is 0 Å². The van der Waals surface area contributed by atoms with E-state index in [-0.39, 0.29) is 0 Å². The molecule has 2 unspecified atom stereocenters. The van der Waals surface area contributed by atoms with Gasteiger partial charge in [-0.3, -0.25) is 0 Å². The summed E-state index contributed by atoms with van der Waals surface area (Å²) in [6.07, 6.45) is 2.59. The Bertz CT molecular complexity index is 184. The number of hydrogen-bond acceptors (Lipinski definition) is 1. The summed E-state index contributed by atoms with van der Waals surface area (Å²) >= 11 is 0. The average molecular weight is 181 g/mol. The normalized spacial score (nSPS) is 28.5. The first-order valence-electron chi connectivity index (χ1n) is 5.53. The Morgan fingerprint density at radius 2 is 2.15 bits per heavy atom. The quantitative estimate of drug-likeness (QED) is 0.646. The molecule has 1 nitrogen and oxygen atoms in total. The zero-order valence-corrected chi connectivity index (χ0v) is 9.51. The summed E-state index contributed by atoms with van der Waals surface area (Å²) in [6, 6.07) is 0.745. The van der Waals surface area contributed by atoms with E-state index in [1.54, 1.807) is 0 Å². The molecule has 1 heteroatoms. The fraction of sp³-hybridized carbons (Fsp3) is 0.833. The van der Waals surface area contributed by atoms with Crippen molar-refractivity contribution in [1.29, 1.82) is 0 Å². The Hall–Kier alpha value is -0.460. The topological polar surface area (TPSA) is 3.24 Å². The highest BCUT2D eigenvalue weighted by Crippen LogP contribution is 2.31. The van der Waals surface area contributed by atoms with Crippen molar-refractivity contribution >= 4 is 0 Å². The van der Waals surface area contributed by atoms with Gasteiger partial charge in [0.2, 0.25) is 0 Å². The van der Waals surface area contributed by atoms with Gasteiger partial charge >= 0.3 is 0 Å². The summed E-state index contributed by atoms with van der Waals surface area (Å²) in [6.45, 7) is 14.5. The van der Waals surface area contributed by atoms with Crippen LogP contribution in [-0.2, 0) is 0 Å². The van der Waals surface area contributed by atoms with Crippen LogP contribution in [0.5, 0.6) is 0 Å². The van der Waals surface area contributed by atoms with Crippen LogP contribution >= 0.6 is 0 Å².